The summed E-state index contributed by atoms with van der Waals surface area (Å²) in [5.41, 5.74) is 9.67. The van der Waals surface area contributed by atoms with Crippen molar-refractivity contribution < 1.29 is 0 Å². The van der Waals surface area contributed by atoms with Gasteiger partial charge in [-0.3, -0.25) is 0 Å². The Labute approximate surface area is 71.0 Å². The highest BCUT2D eigenvalue weighted by Crippen LogP contribution is 2.09. The van der Waals surface area contributed by atoms with E-state index in [0.29, 0.717) is 6.54 Å². The topological polar surface area (TPSA) is 26.0 Å². The van der Waals surface area contributed by atoms with E-state index >= 15 is 0 Å². The first-order valence-electron chi connectivity index (χ1n) is 3.92. The van der Waals surface area contributed by atoms with Crippen LogP contribution in [0.5, 0.6) is 0 Å². The van der Waals surface area contributed by atoms with Gasteiger partial charge in [-0.05, 0) is 30.5 Å². The summed E-state index contributed by atoms with van der Waals surface area (Å²) < 4.78 is 0. The first-order chi connectivity index (χ1) is 5.16. The lowest BCUT2D eigenvalue weighted by molar-refractivity contribution is 1.04. The molecule has 0 bridgehead atoms. The maximum absolute atomic E-state index is 5.58. The third-order valence-corrected chi connectivity index (χ3v) is 3.47. The summed E-state index contributed by atoms with van der Waals surface area (Å²) in [5.74, 6) is 0. The zero-order valence-electron chi connectivity index (χ0n) is 7.44. The minimum Gasteiger partial charge on any atom is -0.326 e. The van der Waals surface area contributed by atoms with E-state index < -0.39 is 0 Å². The molecule has 0 aromatic heterocycles. The summed E-state index contributed by atoms with van der Waals surface area (Å²) in [6.07, 6.45) is 0. The van der Waals surface area contributed by atoms with Gasteiger partial charge < -0.3 is 5.73 Å². The van der Waals surface area contributed by atoms with Crippen LogP contribution in [-0.4, -0.2) is 10.2 Å². The van der Waals surface area contributed by atoms with E-state index in [1.165, 1.54) is 21.9 Å². The minimum absolute atomic E-state index is 0.661. The Hall–Kier alpha value is -0.603. The van der Waals surface area contributed by atoms with Crippen molar-refractivity contribution in [1.82, 2.24) is 0 Å². The molecule has 0 heterocycles. The summed E-state index contributed by atoms with van der Waals surface area (Å²) >= 11 is 0. The molecule has 0 unspecified atom stereocenters. The van der Waals surface area contributed by atoms with E-state index in [1.54, 1.807) is 0 Å². The van der Waals surface area contributed by atoms with Gasteiger partial charge in [-0.25, -0.2) is 0 Å². The van der Waals surface area contributed by atoms with Crippen molar-refractivity contribution in [1.29, 1.82) is 0 Å². The number of hydrogen-bond acceptors (Lipinski definition) is 1. The highest BCUT2D eigenvalue weighted by atomic mass is 28.1. The van der Waals surface area contributed by atoms with Crippen LogP contribution in [0.2, 0.25) is 0 Å². The molecule has 2 heteroatoms. The predicted molar refractivity (Wildman–Crippen MR) is 53.4 cm³/mol. The lowest BCUT2D eigenvalue weighted by atomic mass is 10.0. The molecule has 1 nitrogen and oxygen atoms in total. The fraction of sp³-hybridized carbons (Fsp3) is 0.333. The van der Waals surface area contributed by atoms with E-state index in [9.17, 15) is 0 Å². The van der Waals surface area contributed by atoms with Crippen LogP contribution in [0, 0.1) is 13.8 Å². The average molecular weight is 165 g/mol. The summed E-state index contributed by atoms with van der Waals surface area (Å²) in [4.78, 5) is 0. The Balaban J connectivity index is 3.25. The first-order valence-corrected chi connectivity index (χ1v) is 4.92. The van der Waals surface area contributed by atoms with Crippen LogP contribution in [0.15, 0.2) is 12.1 Å². The van der Waals surface area contributed by atoms with Crippen LogP contribution in [0.4, 0.5) is 0 Å². The van der Waals surface area contributed by atoms with E-state index in [-0.39, 0.29) is 0 Å². The van der Waals surface area contributed by atoms with Crippen LogP contribution >= 0.6 is 0 Å². The molecule has 2 N–H and O–H groups in total. The SMILES string of the molecule is Cc1c([SiH3])ccc(CN)c1C. The van der Waals surface area contributed by atoms with Crippen molar-refractivity contribution in [3.05, 3.63) is 28.8 Å². The molecule has 0 fully saturated rings. The van der Waals surface area contributed by atoms with Crippen LogP contribution in [0.3, 0.4) is 0 Å². The number of benzene rings is 1. The zero-order chi connectivity index (χ0) is 8.43. The summed E-state index contributed by atoms with van der Waals surface area (Å²) in [7, 11) is 1.13. The quantitative estimate of drug-likeness (QED) is 0.571. The molecule has 0 spiro atoms. The molecule has 1 aromatic carbocycles. The molecule has 0 aliphatic rings. The third kappa shape index (κ3) is 1.52. The highest BCUT2D eigenvalue weighted by molar-refractivity contribution is 6.33. The molecule has 60 valence electrons. The maximum Gasteiger partial charge on any atom is 0.0388 e. The molecule has 0 amide bonds. The lowest BCUT2D eigenvalue weighted by Gasteiger charge is -2.08. The monoisotopic (exact) mass is 165 g/mol. The Kier molecular flexibility index (Phi) is 2.47. The van der Waals surface area contributed by atoms with Crippen LogP contribution in [0.25, 0.3) is 0 Å². The molecular formula is C9H15NSi. The van der Waals surface area contributed by atoms with Gasteiger partial charge in [-0.1, -0.05) is 17.3 Å². The van der Waals surface area contributed by atoms with Crippen LogP contribution < -0.4 is 10.9 Å². The Morgan fingerprint density at radius 1 is 1.27 bits per heavy atom. The van der Waals surface area contributed by atoms with Crippen molar-refractivity contribution in [2.75, 3.05) is 0 Å². The van der Waals surface area contributed by atoms with E-state index in [4.69, 9.17) is 5.73 Å². The molecule has 1 aromatic rings. The predicted octanol–water partition coefficient (Wildman–Crippen LogP) is -0.247. The van der Waals surface area contributed by atoms with Gasteiger partial charge in [0, 0.05) is 16.8 Å². The molecule has 0 atom stereocenters. The number of nitrogens with two attached hydrogens (primary N) is 1. The largest absolute Gasteiger partial charge is 0.326 e. The molecule has 11 heavy (non-hydrogen) atoms. The van der Waals surface area contributed by atoms with Gasteiger partial charge in [0.2, 0.25) is 0 Å². The van der Waals surface area contributed by atoms with E-state index in [2.05, 4.69) is 26.0 Å². The molecular weight excluding hydrogens is 150 g/mol. The van der Waals surface area contributed by atoms with Crippen molar-refractivity contribution in [2.45, 2.75) is 20.4 Å². The van der Waals surface area contributed by atoms with Gasteiger partial charge in [0.1, 0.15) is 0 Å². The Bertz CT molecular complexity index is 269. The summed E-state index contributed by atoms with van der Waals surface area (Å²) in [5, 5.41) is 1.49. The number of hydrogen-bond donors (Lipinski definition) is 1. The van der Waals surface area contributed by atoms with Crippen molar-refractivity contribution in [3.8, 4) is 0 Å². The minimum atomic E-state index is 0.661. The van der Waals surface area contributed by atoms with Gasteiger partial charge in [0.15, 0.2) is 0 Å². The number of rotatable bonds is 1. The Morgan fingerprint density at radius 2 is 1.91 bits per heavy atom. The van der Waals surface area contributed by atoms with Crippen molar-refractivity contribution in [2.24, 2.45) is 5.73 Å². The summed E-state index contributed by atoms with van der Waals surface area (Å²) in [6.45, 7) is 4.99. The molecule has 0 saturated carbocycles. The molecule has 0 aliphatic heterocycles. The van der Waals surface area contributed by atoms with Crippen LogP contribution in [0.1, 0.15) is 16.7 Å². The van der Waals surface area contributed by atoms with Gasteiger partial charge in [-0.2, -0.15) is 0 Å². The second kappa shape index (κ2) is 3.20. The molecule has 1 rings (SSSR count). The average Bonchev–Trinajstić information content (AvgIpc) is 2.01. The second-order valence-corrected chi connectivity index (χ2v) is 4.07. The van der Waals surface area contributed by atoms with Gasteiger partial charge in [0.25, 0.3) is 0 Å². The first kappa shape index (κ1) is 8.49. The van der Waals surface area contributed by atoms with Gasteiger partial charge >= 0.3 is 0 Å². The normalized spacial score (nSPS) is 10.5. The standard InChI is InChI=1S/C9H15NSi/c1-6-7(2)9(11)4-3-8(6)5-10/h3-4H,5,10H2,1-2,11H3. The molecule has 0 radical (unpaired) electrons. The van der Waals surface area contributed by atoms with Gasteiger partial charge in [0.05, 0.1) is 0 Å². The fourth-order valence-corrected chi connectivity index (χ4v) is 1.77. The zero-order valence-corrected chi connectivity index (χ0v) is 9.44. The maximum atomic E-state index is 5.58. The smallest absolute Gasteiger partial charge is 0.0388 e. The van der Waals surface area contributed by atoms with Crippen LogP contribution in [-0.2, 0) is 6.54 Å². The van der Waals surface area contributed by atoms with Gasteiger partial charge in [-0.15, -0.1) is 0 Å². The van der Waals surface area contributed by atoms with E-state index in [1.807, 2.05) is 0 Å². The molecule has 0 saturated heterocycles. The van der Waals surface area contributed by atoms with Crippen molar-refractivity contribution in [3.63, 3.8) is 0 Å². The van der Waals surface area contributed by atoms with E-state index in [0.717, 1.165) is 10.2 Å². The fourth-order valence-electron chi connectivity index (χ4n) is 1.23. The second-order valence-electron chi connectivity index (χ2n) is 3.00. The van der Waals surface area contributed by atoms with Crippen molar-refractivity contribution >= 4 is 15.4 Å². The summed E-state index contributed by atoms with van der Waals surface area (Å²) in [6, 6.07) is 4.33. The molecule has 0 aliphatic carbocycles. The highest BCUT2D eigenvalue weighted by Gasteiger charge is 2.00. The third-order valence-electron chi connectivity index (χ3n) is 2.39. The lowest BCUT2D eigenvalue weighted by Crippen LogP contribution is -2.11. The Morgan fingerprint density at radius 3 is 2.45 bits per heavy atom.